The fourth-order valence-electron chi connectivity index (χ4n) is 3.61. The Bertz CT molecular complexity index is 1420. The quantitative estimate of drug-likeness (QED) is 0.214. The van der Waals surface area contributed by atoms with Crippen LogP contribution in [0.3, 0.4) is 0 Å². The zero-order valence-corrected chi connectivity index (χ0v) is 23.2. The SMILES string of the molecule is CCN1C(=O)/C(=C\c2ccc(OCc3ccc(Cl)c(Cl)c3)c(OC)c2)SC1=Nc1ccc(C(=O)OC)cc1. The number of ether oxygens (including phenoxy) is 3. The lowest BCUT2D eigenvalue weighted by atomic mass is 10.1. The van der Waals surface area contributed by atoms with Crippen LogP contribution in [0.2, 0.25) is 10.0 Å². The molecule has 10 heteroatoms. The second-order valence-electron chi connectivity index (χ2n) is 8.04. The number of methoxy groups -OCH3 is 2. The first kappa shape index (κ1) is 27.6. The van der Waals surface area contributed by atoms with E-state index < -0.39 is 5.97 Å². The minimum absolute atomic E-state index is 0.138. The molecule has 0 bridgehead atoms. The maximum absolute atomic E-state index is 13.1. The van der Waals surface area contributed by atoms with Crippen LogP contribution >= 0.6 is 35.0 Å². The minimum Gasteiger partial charge on any atom is -0.493 e. The van der Waals surface area contributed by atoms with Gasteiger partial charge in [-0.1, -0.05) is 35.3 Å². The molecule has 3 aromatic carbocycles. The molecule has 38 heavy (non-hydrogen) atoms. The average molecular weight is 571 g/mol. The molecule has 1 aliphatic rings. The number of carbonyl (C=O) groups is 2. The lowest BCUT2D eigenvalue weighted by Gasteiger charge is -2.12. The van der Waals surface area contributed by atoms with Crippen LogP contribution in [0.5, 0.6) is 11.5 Å². The van der Waals surface area contributed by atoms with Gasteiger partial charge < -0.3 is 14.2 Å². The third-order valence-corrected chi connectivity index (χ3v) is 7.33. The van der Waals surface area contributed by atoms with Crippen LogP contribution < -0.4 is 9.47 Å². The summed E-state index contributed by atoms with van der Waals surface area (Å²) in [5.74, 6) is 0.526. The van der Waals surface area contributed by atoms with Gasteiger partial charge >= 0.3 is 5.97 Å². The standard InChI is InChI=1S/C28H24Cl2N2O5S/c1-4-32-26(33)25(38-28(32)31-20-9-7-19(8-10-20)27(34)36-3)15-17-6-12-23(24(14-17)35-2)37-16-18-5-11-21(29)22(30)13-18/h5-15H,4,16H2,1-3H3/b25-15+,31-28?. The van der Waals surface area contributed by atoms with Crippen molar-refractivity contribution in [3.8, 4) is 11.5 Å². The normalized spacial score (nSPS) is 15.3. The van der Waals surface area contributed by atoms with Crippen molar-refractivity contribution in [1.29, 1.82) is 0 Å². The molecule has 1 aliphatic heterocycles. The fraction of sp³-hybridized carbons (Fsp3) is 0.179. The van der Waals surface area contributed by atoms with E-state index in [1.807, 2.05) is 25.1 Å². The molecule has 1 amide bonds. The highest BCUT2D eigenvalue weighted by Gasteiger charge is 2.32. The summed E-state index contributed by atoms with van der Waals surface area (Å²) in [6.07, 6.45) is 1.80. The number of amides is 1. The summed E-state index contributed by atoms with van der Waals surface area (Å²) in [6, 6.07) is 17.5. The molecule has 0 unspecified atom stereocenters. The number of esters is 1. The Morgan fingerprint density at radius 1 is 1.00 bits per heavy atom. The van der Waals surface area contributed by atoms with Crippen LogP contribution in [0, 0.1) is 0 Å². The first-order valence-electron chi connectivity index (χ1n) is 11.6. The van der Waals surface area contributed by atoms with E-state index in [9.17, 15) is 9.59 Å². The van der Waals surface area contributed by atoms with Crippen molar-refractivity contribution in [2.45, 2.75) is 13.5 Å². The van der Waals surface area contributed by atoms with Gasteiger partial charge in [0.2, 0.25) is 0 Å². The van der Waals surface area contributed by atoms with Gasteiger partial charge in [0.1, 0.15) is 6.61 Å². The Kier molecular flexibility index (Phi) is 8.99. The Balaban J connectivity index is 1.52. The van der Waals surface area contributed by atoms with Gasteiger partial charge in [0.25, 0.3) is 5.91 Å². The molecule has 196 valence electrons. The summed E-state index contributed by atoms with van der Waals surface area (Å²) in [6.45, 7) is 2.64. The summed E-state index contributed by atoms with van der Waals surface area (Å²) in [4.78, 5) is 31.5. The summed E-state index contributed by atoms with van der Waals surface area (Å²) in [5.41, 5.74) is 2.70. The molecule has 7 nitrogen and oxygen atoms in total. The maximum Gasteiger partial charge on any atom is 0.337 e. The zero-order valence-electron chi connectivity index (χ0n) is 20.9. The minimum atomic E-state index is -0.420. The van der Waals surface area contributed by atoms with Crippen LogP contribution in [0.25, 0.3) is 6.08 Å². The molecule has 0 aromatic heterocycles. The third kappa shape index (κ3) is 6.32. The molecular formula is C28H24Cl2N2O5S. The second-order valence-corrected chi connectivity index (χ2v) is 9.86. The van der Waals surface area contributed by atoms with Crippen LogP contribution in [0.15, 0.2) is 70.6 Å². The predicted molar refractivity (Wildman–Crippen MR) is 152 cm³/mol. The van der Waals surface area contributed by atoms with Gasteiger partial charge in [-0.25, -0.2) is 9.79 Å². The molecular weight excluding hydrogens is 547 g/mol. The third-order valence-electron chi connectivity index (χ3n) is 5.58. The molecule has 0 spiro atoms. The molecule has 0 radical (unpaired) electrons. The molecule has 1 heterocycles. The number of carbonyl (C=O) groups excluding carboxylic acids is 2. The second kappa shape index (κ2) is 12.4. The van der Waals surface area contributed by atoms with Crippen LogP contribution in [0.4, 0.5) is 5.69 Å². The van der Waals surface area contributed by atoms with Gasteiger partial charge in [-0.3, -0.25) is 9.69 Å². The summed E-state index contributed by atoms with van der Waals surface area (Å²) in [5, 5.41) is 1.50. The van der Waals surface area contributed by atoms with E-state index >= 15 is 0 Å². The number of likely N-dealkylation sites (N-methyl/N-ethyl adjacent to an activating group) is 1. The largest absolute Gasteiger partial charge is 0.493 e. The Morgan fingerprint density at radius 3 is 2.42 bits per heavy atom. The van der Waals surface area contributed by atoms with E-state index in [4.69, 9.17) is 37.4 Å². The monoisotopic (exact) mass is 570 g/mol. The van der Waals surface area contributed by atoms with Gasteiger partial charge in [-0.05, 0) is 84.4 Å². The summed E-state index contributed by atoms with van der Waals surface area (Å²) < 4.78 is 16.2. The smallest absolute Gasteiger partial charge is 0.337 e. The van der Waals surface area contributed by atoms with Gasteiger partial charge in [-0.2, -0.15) is 0 Å². The number of amidine groups is 1. The number of benzene rings is 3. The number of thioether (sulfide) groups is 1. The van der Waals surface area contributed by atoms with Crippen molar-refractivity contribution < 1.29 is 23.8 Å². The molecule has 1 fully saturated rings. The van der Waals surface area contributed by atoms with Crippen molar-refractivity contribution in [2.24, 2.45) is 4.99 Å². The van der Waals surface area contributed by atoms with E-state index in [1.165, 1.54) is 18.9 Å². The van der Waals surface area contributed by atoms with Gasteiger partial charge in [0.15, 0.2) is 16.7 Å². The summed E-state index contributed by atoms with van der Waals surface area (Å²) in [7, 11) is 2.89. The Hall–Kier alpha value is -3.46. The Labute approximate surface area is 235 Å². The van der Waals surface area contributed by atoms with E-state index in [0.29, 0.717) is 49.4 Å². The number of nitrogens with zero attached hydrogens (tertiary/aromatic N) is 2. The Morgan fingerprint density at radius 2 is 1.76 bits per heavy atom. The number of hydrogen-bond acceptors (Lipinski definition) is 7. The van der Waals surface area contributed by atoms with Crippen molar-refractivity contribution in [3.63, 3.8) is 0 Å². The molecule has 3 aromatic rings. The first-order valence-corrected chi connectivity index (χ1v) is 13.1. The molecule has 0 aliphatic carbocycles. The topological polar surface area (TPSA) is 77.4 Å². The molecule has 0 atom stereocenters. The maximum atomic E-state index is 13.1. The van der Waals surface area contributed by atoms with E-state index in [0.717, 1.165) is 11.1 Å². The number of aliphatic imine (C=N–C) groups is 1. The summed E-state index contributed by atoms with van der Waals surface area (Å²) >= 11 is 13.4. The van der Waals surface area contributed by atoms with Gasteiger partial charge in [0.05, 0.1) is 40.4 Å². The number of rotatable bonds is 8. The van der Waals surface area contributed by atoms with Crippen molar-refractivity contribution >= 4 is 63.8 Å². The van der Waals surface area contributed by atoms with Gasteiger partial charge in [-0.15, -0.1) is 0 Å². The number of hydrogen-bond donors (Lipinski definition) is 0. The lowest BCUT2D eigenvalue weighted by molar-refractivity contribution is -0.122. The number of halogens is 2. The lowest BCUT2D eigenvalue weighted by Crippen LogP contribution is -2.28. The molecule has 1 saturated heterocycles. The highest BCUT2D eigenvalue weighted by molar-refractivity contribution is 8.18. The van der Waals surface area contributed by atoms with Gasteiger partial charge in [0, 0.05) is 6.54 Å². The first-order chi connectivity index (χ1) is 18.3. The van der Waals surface area contributed by atoms with Crippen LogP contribution in [0.1, 0.15) is 28.4 Å². The highest BCUT2D eigenvalue weighted by Crippen LogP contribution is 2.36. The van der Waals surface area contributed by atoms with Crippen molar-refractivity contribution in [1.82, 2.24) is 4.90 Å². The predicted octanol–water partition coefficient (Wildman–Crippen LogP) is 6.99. The van der Waals surface area contributed by atoms with E-state index in [2.05, 4.69) is 4.99 Å². The van der Waals surface area contributed by atoms with E-state index in [-0.39, 0.29) is 12.5 Å². The molecule has 0 saturated carbocycles. The zero-order chi connectivity index (χ0) is 27.2. The molecule has 4 rings (SSSR count). The van der Waals surface area contributed by atoms with Crippen molar-refractivity contribution in [3.05, 3.63) is 92.3 Å². The molecule has 0 N–H and O–H groups in total. The van der Waals surface area contributed by atoms with E-state index in [1.54, 1.807) is 60.6 Å². The van der Waals surface area contributed by atoms with Crippen LogP contribution in [-0.2, 0) is 16.1 Å². The van der Waals surface area contributed by atoms with Crippen LogP contribution in [-0.4, -0.2) is 42.7 Å². The fourth-order valence-corrected chi connectivity index (χ4v) is 4.99. The van der Waals surface area contributed by atoms with Crippen molar-refractivity contribution in [2.75, 3.05) is 20.8 Å². The highest BCUT2D eigenvalue weighted by atomic mass is 35.5. The average Bonchev–Trinajstić information content (AvgIpc) is 3.22.